The second-order valence-corrected chi connectivity index (χ2v) is 8.05. The van der Waals surface area contributed by atoms with Crippen molar-refractivity contribution in [1.82, 2.24) is 5.32 Å². The molecule has 1 aliphatic carbocycles. The summed E-state index contributed by atoms with van der Waals surface area (Å²) in [7, 11) is 0. The first-order valence-corrected chi connectivity index (χ1v) is 10.6. The van der Waals surface area contributed by atoms with Gasteiger partial charge in [0.15, 0.2) is 11.5 Å². The van der Waals surface area contributed by atoms with Crippen LogP contribution >= 0.6 is 0 Å². The van der Waals surface area contributed by atoms with Crippen LogP contribution in [-0.4, -0.2) is 38.4 Å². The van der Waals surface area contributed by atoms with E-state index in [1.54, 1.807) is 0 Å². The van der Waals surface area contributed by atoms with Gasteiger partial charge in [0, 0.05) is 30.4 Å². The number of nitrogens with zero attached hydrogens (tertiary/aromatic N) is 1. The largest absolute Gasteiger partial charge is 0.486 e. The van der Waals surface area contributed by atoms with Gasteiger partial charge in [-0.1, -0.05) is 31.7 Å². The minimum Gasteiger partial charge on any atom is -0.486 e. The lowest BCUT2D eigenvalue weighted by Gasteiger charge is -2.34. The van der Waals surface area contributed by atoms with Gasteiger partial charge in [-0.25, -0.2) is 0 Å². The van der Waals surface area contributed by atoms with E-state index in [0.29, 0.717) is 25.3 Å². The van der Waals surface area contributed by atoms with Gasteiger partial charge in [-0.3, -0.25) is 0 Å². The monoisotopic (exact) mass is 380 g/mol. The van der Waals surface area contributed by atoms with Crippen LogP contribution in [0.3, 0.4) is 0 Å². The molecular weight excluding hydrogens is 348 g/mol. The summed E-state index contributed by atoms with van der Waals surface area (Å²) in [6.45, 7) is 11.6. The van der Waals surface area contributed by atoms with E-state index in [9.17, 15) is 0 Å². The van der Waals surface area contributed by atoms with Gasteiger partial charge < -0.3 is 19.7 Å². The Balaban J connectivity index is 1.55. The lowest BCUT2D eigenvalue weighted by atomic mass is 10.0. The topological polar surface area (TPSA) is 33.7 Å². The maximum Gasteiger partial charge on any atom is 0.163 e. The third-order valence-corrected chi connectivity index (χ3v) is 6.14. The van der Waals surface area contributed by atoms with Gasteiger partial charge in [0.1, 0.15) is 13.2 Å². The molecule has 4 nitrogen and oxygen atoms in total. The molecule has 4 rings (SSSR count). The van der Waals surface area contributed by atoms with Crippen molar-refractivity contribution in [2.75, 3.05) is 31.2 Å². The van der Waals surface area contributed by atoms with Gasteiger partial charge in [-0.05, 0) is 61.9 Å². The molecular formula is C24H32N2O2. The molecule has 0 spiro atoms. The zero-order valence-electron chi connectivity index (χ0n) is 16.8. The zero-order chi connectivity index (χ0) is 19.3. The molecule has 2 unspecified atom stereocenters. The molecule has 2 fully saturated rings. The molecule has 1 saturated carbocycles. The second kappa shape index (κ2) is 8.87. The molecule has 1 aromatic carbocycles. The second-order valence-electron chi connectivity index (χ2n) is 8.05. The van der Waals surface area contributed by atoms with Gasteiger partial charge in [-0.2, -0.15) is 0 Å². The van der Waals surface area contributed by atoms with Crippen molar-refractivity contribution >= 4 is 5.69 Å². The van der Waals surface area contributed by atoms with Crippen molar-refractivity contribution in [3.63, 3.8) is 0 Å². The fraction of sp³-hybridized carbons (Fsp3) is 0.500. The minimum atomic E-state index is 0.435. The van der Waals surface area contributed by atoms with Gasteiger partial charge in [-0.15, -0.1) is 0 Å². The maximum atomic E-state index is 5.85. The Hall–Kier alpha value is -2.20. The van der Waals surface area contributed by atoms with E-state index in [4.69, 9.17) is 9.47 Å². The highest BCUT2D eigenvalue weighted by Gasteiger charge is 2.29. The summed E-state index contributed by atoms with van der Waals surface area (Å²) in [5.74, 6) is 1.72. The number of hydrogen-bond donors (Lipinski definition) is 1. The number of nitrogens with one attached hydrogen (secondary N) is 1. The lowest BCUT2D eigenvalue weighted by molar-refractivity contribution is 0.171. The van der Waals surface area contributed by atoms with E-state index in [2.05, 4.69) is 47.6 Å². The molecule has 150 valence electrons. The molecule has 2 atom stereocenters. The number of benzene rings is 1. The van der Waals surface area contributed by atoms with Crippen LogP contribution in [0.2, 0.25) is 0 Å². The third kappa shape index (κ3) is 4.27. The summed E-state index contributed by atoms with van der Waals surface area (Å²) in [6, 6.07) is 7.45. The third-order valence-electron chi connectivity index (χ3n) is 6.14. The molecule has 0 amide bonds. The molecule has 0 bridgehead atoms. The summed E-state index contributed by atoms with van der Waals surface area (Å²) < 4.78 is 11.6. The summed E-state index contributed by atoms with van der Waals surface area (Å²) in [6.07, 6.45) is 11.1. The fourth-order valence-corrected chi connectivity index (χ4v) is 4.63. The number of rotatable bonds is 6. The number of piperidine rings is 1. The average Bonchev–Trinajstić information content (AvgIpc) is 3.09. The molecule has 4 heteroatoms. The number of fused-ring (bicyclic) bond motifs is 1. The molecule has 0 radical (unpaired) electrons. The van der Waals surface area contributed by atoms with Crippen LogP contribution in [0.5, 0.6) is 11.5 Å². The highest BCUT2D eigenvalue weighted by Crippen LogP contribution is 2.39. The maximum absolute atomic E-state index is 5.85. The Morgan fingerprint density at radius 3 is 2.79 bits per heavy atom. The highest BCUT2D eigenvalue weighted by atomic mass is 16.6. The van der Waals surface area contributed by atoms with E-state index in [0.717, 1.165) is 43.9 Å². The fourth-order valence-electron chi connectivity index (χ4n) is 4.63. The Bertz CT molecular complexity index is 749. The molecule has 1 aromatic rings. The molecule has 28 heavy (non-hydrogen) atoms. The predicted molar refractivity (Wildman–Crippen MR) is 115 cm³/mol. The molecule has 1 N–H and O–H groups in total. The van der Waals surface area contributed by atoms with Crippen LogP contribution in [0.25, 0.3) is 0 Å². The van der Waals surface area contributed by atoms with Crippen molar-refractivity contribution in [3.05, 3.63) is 54.7 Å². The standard InChI is InChI=1S/C24H32N2O2/c1-3-6-19-16-22(15-18(19)2)26(12-10-20-7-4-5-11-25-20)21-8-9-23-24(17-21)28-14-13-27-23/h3,6,8-9,17,20,22,25H,1-2,4-5,7,10-16H2/b19-6-. The van der Waals surface area contributed by atoms with Crippen molar-refractivity contribution in [2.24, 2.45) is 0 Å². The SMILES string of the molecule is C=C/C=C1/CC(N(CCC2CCCCN2)c2ccc3c(c2)OCCO3)CC1=C. The number of ether oxygens (including phenoxy) is 2. The van der Waals surface area contributed by atoms with Gasteiger partial charge in [0.05, 0.1) is 0 Å². The Morgan fingerprint density at radius 2 is 2.00 bits per heavy atom. The highest BCUT2D eigenvalue weighted by molar-refractivity contribution is 5.58. The summed E-state index contributed by atoms with van der Waals surface area (Å²) in [4.78, 5) is 2.56. The number of hydrogen-bond acceptors (Lipinski definition) is 4. The van der Waals surface area contributed by atoms with Gasteiger partial charge in [0.2, 0.25) is 0 Å². The zero-order valence-corrected chi connectivity index (χ0v) is 16.8. The van der Waals surface area contributed by atoms with Gasteiger partial charge >= 0.3 is 0 Å². The van der Waals surface area contributed by atoms with Crippen LogP contribution in [0.4, 0.5) is 5.69 Å². The van der Waals surface area contributed by atoms with E-state index in [1.807, 2.05) is 6.08 Å². The summed E-state index contributed by atoms with van der Waals surface area (Å²) in [5.41, 5.74) is 3.79. The van der Waals surface area contributed by atoms with Crippen LogP contribution in [0, 0.1) is 0 Å². The van der Waals surface area contributed by atoms with E-state index >= 15 is 0 Å². The molecule has 3 aliphatic rings. The summed E-state index contributed by atoms with van der Waals surface area (Å²) in [5, 5.41) is 3.69. The average molecular weight is 381 g/mol. The predicted octanol–water partition coefficient (Wildman–Crippen LogP) is 4.63. The van der Waals surface area contributed by atoms with Crippen LogP contribution < -0.4 is 19.7 Å². The van der Waals surface area contributed by atoms with E-state index in [-0.39, 0.29) is 0 Å². The summed E-state index contributed by atoms with van der Waals surface area (Å²) >= 11 is 0. The van der Waals surface area contributed by atoms with Crippen LogP contribution in [0.15, 0.2) is 54.7 Å². The van der Waals surface area contributed by atoms with Crippen molar-refractivity contribution in [3.8, 4) is 11.5 Å². The van der Waals surface area contributed by atoms with Crippen molar-refractivity contribution in [2.45, 2.75) is 50.6 Å². The molecule has 0 aromatic heterocycles. The Kier molecular flexibility index (Phi) is 6.06. The first-order chi connectivity index (χ1) is 13.7. The number of anilines is 1. The quantitative estimate of drug-likeness (QED) is 0.780. The minimum absolute atomic E-state index is 0.435. The first kappa shape index (κ1) is 19.1. The van der Waals surface area contributed by atoms with E-state index < -0.39 is 0 Å². The lowest BCUT2D eigenvalue weighted by Crippen LogP contribution is -2.40. The van der Waals surface area contributed by atoms with Crippen molar-refractivity contribution < 1.29 is 9.47 Å². The molecule has 1 saturated heterocycles. The Morgan fingerprint density at radius 1 is 1.14 bits per heavy atom. The smallest absolute Gasteiger partial charge is 0.163 e. The number of allylic oxidation sites excluding steroid dienone is 2. The first-order valence-electron chi connectivity index (χ1n) is 10.6. The molecule has 2 aliphatic heterocycles. The van der Waals surface area contributed by atoms with E-state index in [1.165, 1.54) is 36.1 Å². The van der Waals surface area contributed by atoms with Crippen LogP contribution in [-0.2, 0) is 0 Å². The van der Waals surface area contributed by atoms with Gasteiger partial charge in [0.25, 0.3) is 0 Å². The van der Waals surface area contributed by atoms with Crippen LogP contribution in [0.1, 0.15) is 38.5 Å². The van der Waals surface area contributed by atoms with Crippen molar-refractivity contribution in [1.29, 1.82) is 0 Å². The Labute approximate surface area is 168 Å². The normalized spacial score (nSPS) is 25.7. The molecule has 2 heterocycles.